The first kappa shape index (κ1) is 11.2. The first-order chi connectivity index (χ1) is 7.59. The van der Waals surface area contributed by atoms with Crippen LogP contribution < -0.4 is 10.2 Å². The predicted molar refractivity (Wildman–Crippen MR) is 62.4 cm³/mol. The zero-order valence-corrected chi connectivity index (χ0v) is 10.0. The van der Waals surface area contributed by atoms with Crippen molar-refractivity contribution >= 4 is 11.8 Å². The van der Waals surface area contributed by atoms with Crippen molar-refractivity contribution in [2.24, 2.45) is 5.41 Å². The Morgan fingerprint density at radius 1 is 1.56 bits per heavy atom. The van der Waals surface area contributed by atoms with E-state index in [-0.39, 0.29) is 11.3 Å². The number of carbonyl (C=O) groups is 1. The molecular weight excluding hydrogens is 204 g/mol. The van der Waals surface area contributed by atoms with Gasteiger partial charge >= 0.3 is 0 Å². The van der Waals surface area contributed by atoms with E-state index < -0.39 is 0 Å². The number of nitrogens with one attached hydrogen (secondary N) is 1. The SMILES string of the molecule is CNCC1(C(=O)N(C)c2ccc(C)o2)CC1. The van der Waals surface area contributed by atoms with Crippen molar-refractivity contribution in [1.82, 2.24) is 5.32 Å². The molecule has 4 heteroatoms. The van der Waals surface area contributed by atoms with Gasteiger partial charge in [-0.1, -0.05) is 0 Å². The van der Waals surface area contributed by atoms with Gasteiger partial charge in [0.15, 0.2) is 0 Å². The number of carbonyl (C=O) groups excluding carboxylic acids is 1. The fraction of sp³-hybridized carbons (Fsp3) is 0.583. The van der Waals surface area contributed by atoms with Gasteiger partial charge in [-0.2, -0.15) is 0 Å². The molecule has 1 saturated carbocycles. The molecule has 0 atom stereocenters. The molecule has 0 spiro atoms. The summed E-state index contributed by atoms with van der Waals surface area (Å²) < 4.78 is 5.45. The highest BCUT2D eigenvalue weighted by molar-refractivity contribution is 5.98. The summed E-state index contributed by atoms with van der Waals surface area (Å²) in [5.74, 6) is 1.61. The van der Waals surface area contributed by atoms with Gasteiger partial charge in [0.1, 0.15) is 5.76 Å². The molecule has 1 N–H and O–H groups in total. The molecule has 4 nitrogen and oxygen atoms in total. The van der Waals surface area contributed by atoms with Crippen LogP contribution in [0.25, 0.3) is 0 Å². The number of hydrogen-bond donors (Lipinski definition) is 1. The van der Waals surface area contributed by atoms with Crippen LogP contribution in [0.2, 0.25) is 0 Å². The molecule has 1 fully saturated rings. The van der Waals surface area contributed by atoms with Crippen LogP contribution in [-0.4, -0.2) is 26.5 Å². The Morgan fingerprint density at radius 2 is 2.25 bits per heavy atom. The zero-order valence-electron chi connectivity index (χ0n) is 10.0. The second kappa shape index (κ2) is 3.94. The lowest BCUT2D eigenvalue weighted by molar-refractivity contribution is -0.123. The lowest BCUT2D eigenvalue weighted by Gasteiger charge is -2.21. The van der Waals surface area contributed by atoms with Crippen LogP contribution in [0.4, 0.5) is 5.88 Å². The van der Waals surface area contributed by atoms with E-state index in [2.05, 4.69) is 5.32 Å². The third-order valence-corrected chi connectivity index (χ3v) is 3.18. The van der Waals surface area contributed by atoms with Crippen molar-refractivity contribution in [3.63, 3.8) is 0 Å². The Balaban J connectivity index is 2.10. The van der Waals surface area contributed by atoms with E-state index >= 15 is 0 Å². The maximum Gasteiger partial charge on any atom is 0.236 e. The number of aryl methyl sites for hydroxylation is 1. The first-order valence-electron chi connectivity index (χ1n) is 5.58. The molecule has 88 valence electrons. The molecule has 1 aliphatic carbocycles. The number of furan rings is 1. The summed E-state index contributed by atoms with van der Waals surface area (Å²) in [5.41, 5.74) is -0.190. The molecular formula is C12H18N2O2. The number of nitrogens with zero attached hydrogens (tertiary/aromatic N) is 1. The summed E-state index contributed by atoms with van der Waals surface area (Å²) in [7, 11) is 3.65. The zero-order chi connectivity index (χ0) is 11.8. The van der Waals surface area contributed by atoms with Crippen molar-refractivity contribution in [2.45, 2.75) is 19.8 Å². The first-order valence-corrected chi connectivity index (χ1v) is 5.58. The molecule has 1 aliphatic rings. The quantitative estimate of drug-likeness (QED) is 0.840. The van der Waals surface area contributed by atoms with Gasteiger partial charge in [-0.3, -0.25) is 9.69 Å². The standard InChI is InChI=1S/C12H18N2O2/c1-9-4-5-10(16-9)14(3)11(15)12(6-7-12)8-13-2/h4-5,13H,6-8H2,1-3H3. The van der Waals surface area contributed by atoms with E-state index in [0.717, 1.165) is 25.1 Å². The Hall–Kier alpha value is -1.29. The molecule has 1 aromatic heterocycles. The van der Waals surface area contributed by atoms with Gasteiger partial charge in [0, 0.05) is 19.7 Å². The summed E-state index contributed by atoms with van der Waals surface area (Å²) in [6.07, 6.45) is 1.94. The molecule has 0 radical (unpaired) electrons. The van der Waals surface area contributed by atoms with Crippen LogP contribution in [0.15, 0.2) is 16.5 Å². The lowest BCUT2D eigenvalue weighted by Crippen LogP contribution is -2.38. The van der Waals surface area contributed by atoms with Crippen LogP contribution in [0.5, 0.6) is 0 Å². The second-order valence-corrected chi connectivity index (χ2v) is 4.56. The van der Waals surface area contributed by atoms with E-state index in [4.69, 9.17) is 4.42 Å². The van der Waals surface area contributed by atoms with Crippen molar-refractivity contribution in [2.75, 3.05) is 25.5 Å². The Bertz CT molecular complexity index is 393. The lowest BCUT2D eigenvalue weighted by atomic mass is 10.1. The Labute approximate surface area is 95.6 Å². The molecule has 1 aromatic rings. The molecule has 16 heavy (non-hydrogen) atoms. The maximum absolute atomic E-state index is 12.3. The molecule has 0 bridgehead atoms. The van der Waals surface area contributed by atoms with Gasteiger partial charge in [0.05, 0.1) is 5.41 Å². The highest BCUT2D eigenvalue weighted by Gasteiger charge is 2.51. The van der Waals surface area contributed by atoms with E-state index in [1.54, 1.807) is 11.9 Å². The minimum Gasteiger partial charge on any atom is -0.445 e. The van der Waals surface area contributed by atoms with Crippen molar-refractivity contribution in [1.29, 1.82) is 0 Å². The highest BCUT2D eigenvalue weighted by Crippen LogP contribution is 2.47. The fourth-order valence-electron chi connectivity index (χ4n) is 2.01. The molecule has 1 heterocycles. The van der Waals surface area contributed by atoms with Gasteiger partial charge < -0.3 is 9.73 Å². The number of amides is 1. The highest BCUT2D eigenvalue weighted by atomic mass is 16.4. The third kappa shape index (κ3) is 1.85. The molecule has 0 saturated heterocycles. The normalized spacial score (nSPS) is 17.2. The maximum atomic E-state index is 12.3. The van der Waals surface area contributed by atoms with Crippen LogP contribution in [0.1, 0.15) is 18.6 Å². The Morgan fingerprint density at radius 3 is 2.69 bits per heavy atom. The Kier molecular flexibility index (Phi) is 2.76. The van der Waals surface area contributed by atoms with Gasteiger partial charge in [0.2, 0.25) is 11.8 Å². The number of anilines is 1. The molecule has 0 aliphatic heterocycles. The summed E-state index contributed by atoms with van der Waals surface area (Å²) >= 11 is 0. The summed E-state index contributed by atoms with van der Waals surface area (Å²) in [5, 5.41) is 3.08. The van der Waals surface area contributed by atoms with Gasteiger partial charge in [0.25, 0.3) is 0 Å². The summed E-state index contributed by atoms with van der Waals surface area (Å²) in [6.45, 7) is 2.62. The van der Waals surface area contributed by atoms with Crippen LogP contribution in [0, 0.1) is 12.3 Å². The number of hydrogen-bond acceptors (Lipinski definition) is 3. The summed E-state index contributed by atoms with van der Waals surface area (Å²) in [6, 6.07) is 3.71. The van der Waals surface area contributed by atoms with Crippen molar-refractivity contribution in [3.8, 4) is 0 Å². The van der Waals surface area contributed by atoms with E-state index in [1.807, 2.05) is 26.1 Å². The average Bonchev–Trinajstić information content (AvgIpc) is 2.92. The fourth-order valence-corrected chi connectivity index (χ4v) is 2.01. The van der Waals surface area contributed by atoms with E-state index in [9.17, 15) is 4.79 Å². The minimum atomic E-state index is -0.190. The smallest absolute Gasteiger partial charge is 0.236 e. The van der Waals surface area contributed by atoms with E-state index in [0.29, 0.717) is 5.88 Å². The largest absolute Gasteiger partial charge is 0.445 e. The second-order valence-electron chi connectivity index (χ2n) is 4.56. The van der Waals surface area contributed by atoms with Crippen LogP contribution in [0.3, 0.4) is 0 Å². The van der Waals surface area contributed by atoms with Gasteiger partial charge in [-0.15, -0.1) is 0 Å². The third-order valence-electron chi connectivity index (χ3n) is 3.18. The van der Waals surface area contributed by atoms with Crippen LogP contribution >= 0.6 is 0 Å². The molecule has 0 unspecified atom stereocenters. The molecule has 2 rings (SSSR count). The minimum absolute atomic E-state index is 0.149. The average molecular weight is 222 g/mol. The van der Waals surface area contributed by atoms with Gasteiger partial charge in [-0.25, -0.2) is 0 Å². The summed E-state index contributed by atoms with van der Waals surface area (Å²) in [4.78, 5) is 13.9. The van der Waals surface area contributed by atoms with E-state index in [1.165, 1.54) is 0 Å². The van der Waals surface area contributed by atoms with Crippen molar-refractivity contribution in [3.05, 3.63) is 17.9 Å². The topological polar surface area (TPSA) is 45.5 Å². The molecule has 0 aromatic carbocycles. The van der Waals surface area contributed by atoms with Gasteiger partial charge in [-0.05, 0) is 32.9 Å². The van der Waals surface area contributed by atoms with Crippen LogP contribution in [-0.2, 0) is 4.79 Å². The molecule has 1 amide bonds. The number of rotatable bonds is 4. The predicted octanol–water partition coefficient (Wildman–Crippen LogP) is 1.55. The van der Waals surface area contributed by atoms with Crippen molar-refractivity contribution < 1.29 is 9.21 Å². The monoisotopic (exact) mass is 222 g/mol.